The largest absolute Gasteiger partial charge is 0.504 e. The summed E-state index contributed by atoms with van der Waals surface area (Å²) in [7, 11) is 1.42. The van der Waals surface area contributed by atoms with Crippen LogP contribution in [0.15, 0.2) is 41.4 Å². The van der Waals surface area contributed by atoms with Crippen LogP contribution in [0.3, 0.4) is 0 Å². The average Bonchev–Trinajstić information content (AvgIpc) is 2.55. The Labute approximate surface area is 135 Å². The van der Waals surface area contributed by atoms with E-state index >= 15 is 0 Å². The van der Waals surface area contributed by atoms with Crippen LogP contribution in [0.25, 0.3) is 0 Å². The zero-order valence-corrected chi connectivity index (χ0v) is 13.4. The first kappa shape index (κ1) is 16.8. The van der Waals surface area contributed by atoms with Crippen LogP contribution in [0.2, 0.25) is 0 Å². The first-order chi connectivity index (χ1) is 11.1. The van der Waals surface area contributed by atoms with Gasteiger partial charge in [-0.2, -0.15) is 0 Å². The summed E-state index contributed by atoms with van der Waals surface area (Å²) in [5.41, 5.74) is 1.27. The number of hydrogen-bond acceptors (Lipinski definition) is 4. The third-order valence-corrected chi connectivity index (χ3v) is 3.43. The lowest BCUT2D eigenvalue weighted by atomic mass is 10.1. The molecule has 1 N–H and O–H groups in total. The summed E-state index contributed by atoms with van der Waals surface area (Å²) in [4.78, 5) is 4.38. The highest BCUT2D eigenvalue weighted by Gasteiger charge is 2.09. The van der Waals surface area contributed by atoms with Crippen LogP contribution in [-0.2, 0) is 0 Å². The van der Waals surface area contributed by atoms with Gasteiger partial charge in [0.1, 0.15) is 0 Å². The predicted molar refractivity (Wildman–Crippen MR) is 88.2 cm³/mol. The summed E-state index contributed by atoms with van der Waals surface area (Å²) in [6.07, 6.45) is 1.56. The van der Waals surface area contributed by atoms with Crippen LogP contribution in [0.1, 0.15) is 31.0 Å². The van der Waals surface area contributed by atoms with Gasteiger partial charge in [-0.15, -0.1) is 0 Å². The quantitative estimate of drug-likeness (QED) is 0.815. The van der Waals surface area contributed by atoms with Gasteiger partial charge in [-0.3, -0.25) is 4.99 Å². The average molecular weight is 317 g/mol. The Morgan fingerprint density at radius 2 is 2.04 bits per heavy atom. The van der Waals surface area contributed by atoms with Crippen LogP contribution in [0, 0.1) is 5.82 Å². The van der Waals surface area contributed by atoms with Crippen molar-refractivity contribution in [1.29, 1.82) is 0 Å². The fraction of sp³-hybridized carbons (Fsp3) is 0.278. The van der Waals surface area contributed by atoms with Crippen LogP contribution >= 0.6 is 0 Å². The number of phenols is 1. The predicted octanol–water partition coefficient (Wildman–Crippen LogP) is 4.12. The number of phenolic OH excluding ortho intramolecular Hbond substituents is 1. The molecule has 2 rings (SSSR count). The molecule has 1 atom stereocenters. The van der Waals surface area contributed by atoms with Gasteiger partial charge in [-0.05, 0) is 43.7 Å². The van der Waals surface area contributed by atoms with Crippen LogP contribution in [0.5, 0.6) is 17.2 Å². The summed E-state index contributed by atoms with van der Waals surface area (Å²) in [6.45, 7) is 4.16. The maximum atomic E-state index is 13.7. The summed E-state index contributed by atoms with van der Waals surface area (Å²) >= 11 is 0. The Bertz CT molecular complexity index is 701. The summed E-state index contributed by atoms with van der Waals surface area (Å²) in [5.74, 6) is 0.242. The number of benzene rings is 2. The van der Waals surface area contributed by atoms with Crippen molar-refractivity contribution in [1.82, 2.24) is 0 Å². The molecule has 0 aliphatic rings. The Balaban J connectivity index is 2.19. The van der Waals surface area contributed by atoms with Crippen molar-refractivity contribution in [2.24, 2.45) is 4.99 Å². The highest BCUT2D eigenvalue weighted by molar-refractivity contribution is 5.85. The van der Waals surface area contributed by atoms with E-state index in [-0.39, 0.29) is 17.5 Å². The van der Waals surface area contributed by atoms with E-state index in [1.54, 1.807) is 36.5 Å². The number of methoxy groups -OCH3 is 1. The molecule has 0 saturated heterocycles. The second kappa shape index (κ2) is 7.63. The second-order valence-electron chi connectivity index (χ2n) is 4.98. The molecule has 5 heteroatoms. The van der Waals surface area contributed by atoms with Crippen molar-refractivity contribution in [2.45, 2.75) is 19.9 Å². The van der Waals surface area contributed by atoms with E-state index in [1.807, 2.05) is 13.8 Å². The number of aliphatic imine (C=N–C) groups is 1. The molecule has 0 fully saturated rings. The fourth-order valence-electron chi connectivity index (χ4n) is 2.14. The first-order valence-electron chi connectivity index (χ1n) is 7.38. The molecule has 0 radical (unpaired) electrons. The molecule has 0 heterocycles. The SMILES string of the molecule is CCOc1cccc(C=N[C@@H](C)c2ccc(OC)c(F)c2)c1O. The monoisotopic (exact) mass is 317 g/mol. The number of halogens is 1. The normalized spacial score (nSPS) is 12.3. The van der Waals surface area contributed by atoms with Gasteiger partial charge >= 0.3 is 0 Å². The molecular weight excluding hydrogens is 297 g/mol. The molecule has 122 valence electrons. The molecule has 0 aliphatic heterocycles. The molecule has 0 spiro atoms. The van der Waals surface area contributed by atoms with Gasteiger partial charge in [0, 0.05) is 11.8 Å². The summed E-state index contributed by atoms with van der Waals surface area (Å²) in [5, 5.41) is 10.1. The Morgan fingerprint density at radius 1 is 1.26 bits per heavy atom. The number of aromatic hydroxyl groups is 1. The second-order valence-corrected chi connectivity index (χ2v) is 4.98. The number of ether oxygens (including phenoxy) is 2. The lowest BCUT2D eigenvalue weighted by Crippen LogP contribution is -1.96. The van der Waals surface area contributed by atoms with Crippen molar-refractivity contribution < 1.29 is 19.0 Å². The third-order valence-electron chi connectivity index (χ3n) is 3.43. The van der Waals surface area contributed by atoms with Gasteiger partial charge in [0.15, 0.2) is 23.1 Å². The van der Waals surface area contributed by atoms with Gasteiger partial charge < -0.3 is 14.6 Å². The fourth-order valence-corrected chi connectivity index (χ4v) is 2.14. The number of hydrogen-bond donors (Lipinski definition) is 1. The molecule has 0 saturated carbocycles. The maximum absolute atomic E-state index is 13.7. The molecule has 0 aliphatic carbocycles. The Morgan fingerprint density at radius 3 is 2.70 bits per heavy atom. The lowest BCUT2D eigenvalue weighted by molar-refractivity contribution is 0.318. The third kappa shape index (κ3) is 4.00. The maximum Gasteiger partial charge on any atom is 0.166 e. The minimum absolute atomic E-state index is 0.0474. The van der Waals surface area contributed by atoms with E-state index in [0.717, 1.165) is 5.56 Å². The lowest BCUT2D eigenvalue weighted by Gasteiger charge is -2.10. The van der Waals surface area contributed by atoms with Gasteiger partial charge in [-0.1, -0.05) is 12.1 Å². The van der Waals surface area contributed by atoms with E-state index in [9.17, 15) is 9.50 Å². The summed E-state index contributed by atoms with van der Waals surface area (Å²) in [6, 6.07) is 9.69. The molecule has 2 aromatic carbocycles. The Kier molecular flexibility index (Phi) is 5.57. The molecule has 0 bridgehead atoms. The van der Waals surface area contributed by atoms with E-state index in [1.165, 1.54) is 13.2 Å². The topological polar surface area (TPSA) is 51.0 Å². The van der Waals surface area contributed by atoms with Gasteiger partial charge in [0.05, 0.1) is 19.8 Å². The first-order valence-corrected chi connectivity index (χ1v) is 7.38. The van der Waals surface area contributed by atoms with Crippen LogP contribution in [-0.4, -0.2) is 25.0 Å². The molecule has 23 heavy (non-hydrogen) atoms. The van der Waals surface area contributed by atoms with Crippen LogP contribution in [0.4, 0.5) is 4.39 Å². The minimum atomic E-state index is -0.423. The standard InChI is InChI=1S/C18H20FNO3/c1-4-23-17-7-5-6-14(18(17)21)11-20-12(2)13-8-9-16(22-3)15(19)10-13/h5-12,21H,4H2,1-3H3/t12-/m0/s1. The van der Waals surface area contributed by atoms with Crippen molar-refractivity contribution in [3.63, 3.8) is 0 Å². The number of nitrogens with zero attached hydrogens (tertiary/aromatic N) is 1. The molecule has 0 unspecified atom stereocenters. The van der Waals surface area contributed by atoms with Crippen molar-refractivity contribution >= 4 is 6.21 Å². The minimum Gasteiger partial charge on any atom is -0.504 e. The highest BCUT2D eigenvalue weighted by atomic mass is 19.1. The highest BCUT2D eigenvalue weighted by Crippen LogP contribution is 2.29. The van der Waals surface area contributed by atoms with Gasteiger partial charge in [0.2, 0.25) is 0 Å². The van der Waals surface area contributed by atoms with Crippen molar-refractivity contribution in [2.75, 3.05) is 13.7 Å². The summed E-state index contributed by atoms with van der Waals surface area (Å²) < 4.78 is 24.0. The molecule has 4 nitrogen and oxygen atoms in total. The van der Waals surface area contributed by atoms with Crippen LogP contribution < -0.4 is 9.47 Å². The van der Waals surface area contributed by atoms with E-state index in [4.69, 9.17) is 9.47 Å². The zero-order valence-electron chi connectivity index (χ0n) is 13.4. The zero-order chi connectivity index (χ0) is 16.8. The van der Waals surface area contributed by atoms with Gasteiger partial charge in [0.25, 0.3) is 0 Å². The number of rotatable bonds is 6. The van der Waals surface area contributed by atoms with Gasteiger partial charge in [-0.25, -0.2) is 4.39 Å². The Hall–Kier alpha value is -2.56. The molecule has 0 amide bonds. The van der Waals surface area contributed by atoms with E-state index in [2.05, 4.69) is 4.99 Å². The number of para-hydroxylation sites is 1. The van der Waals surface area contributed by atoms with E-state index in [0.29, 0.717) is 17.9 Å². The van der Waals surface area contributed by atoms with Crippen molar-refractivity contribution in [3.05, 3.63) is 53.3 Å². The molecule has 0 aromatic heterocycles. The smallest absolute Gasteiger partial charge is 0.166 e. The molecular formula is C18H20FNO3. The van der Waals surface area contributed by atoms with Crippen molar-refractivity contribution in [3.8, 4) is 17.2 Å². The van der Waals surface area contributed by atoms with E-state index < -0.39 is 5.82 Å². The molecule has 2 aromatic rings.